The van der Waals surface area contributed by atoms with Gasteiger partial charge in [0.25, 0.3) is 5.91 Å². The molecule has 0 atom stereocenters. The Morgan fingerprint density at radius 2 is 1.96 bits per heavy atom. The lowest BCUT2D eigenvalue weighted by Gasteiger charge is -2.06. The molecule has 3 aromatic heterocycles. The second kappa shape index (κ2) is 7.05. The summed E-state index contributed by atoms with van der Waals surface area (Å²) in [7, 11) is 0. The van der Waals surface area contributed by atoms with E-state index in [1.54, 1.807) is 37.5 Å². The van der Waals surface area contributed by atoms with E-state index in [1.807, 2.05) is 24.3 Å². The van der Waals surface area contributed by atoms with Gasteiger partial charge in [0, 0.05) is 5.56 Å². The van der Waals surface area contributed by atoms with Crippen molar-refractivity contribution in [3.8, 4) is 22.8 Å². The van der Waals surface area contributed by atoms with Gasteiger partial charge in [-0.3, -0.25) is 15.2 Å². The van der Waals surface area contributed by atoms with Crippen LogP contribution in [0.15, 0.2) is 59.2 Å². The molecule has 0 radical (unpaired) electrons. The summed E-state index contributed by atoms with van der Waals surface area (Å²) in [5, 5.41) is 10.0. The van der Waals surface area contributed by atoms with E-state index in [0.717, 1.165) is 0 Å². The number of aryl methyl sites for hydroxylation is 1. The number of hydrogen-bond donors (Lipinski definition) is 2. The number of nitrogens with one attached hydrogen (secondary N) is 2. The van der Waals surface area contributed by atoms with Crippen LogP contribution < -0.4 is 5.32 Å². The van der Waals surface area contributed by atoms with E-state index in [4.69, 9.17) is 16.0 Å². The third-order valence-corrected chi connectivity index (χ3v) is 4.27. The van der Waals surface area contributed by atoms with Crippen molar-refractivity contribution in [2.75, 3.05) is 5.32 Å². The zero-order valence-corrected chi connectivity index (χ0v) is 15.0. The summed E-state index contributed by atoms with van der Waals surface area (Å²) in [6.45, 7) is 1.76. The number of rotatable bonds is 4. The summed E-state index contributed by atoms with van der Waals surface area (Å²) in [4.78, 5) is 21.2. The van der Waals surface area contributed by atoms with Crippen LogP contribution >= 0.6 is 11.6 Å². The molecule has 8 heteroatoms. The third kappa shape index (κ3) is 3.45. The molecule has 3 heterocycles. The Labute approximate surface area is 159 Å². The highest BCUT2D eigenvalue weighted by molar-refractivity contribution is 6.33. The molecule has 134 valence electrons. The number of aromatic amines is 1. The molecule has 0 aliphatic heterocycles. The minimum atomic E-state index is -0.351. The van der Waals surface area contributed by atoms with E-state index in [9.17, 15) is 4.79 Å². The van der Waals surface area contributed by atoms with Gasteiger partial charge in [-0.2, -0.15) is 4.98 Å². The van der Waals surface area contributed by atoms with Crippen LogP contribution in [0, 0.1) is 6.92 Å². The summed E-state index contributed by atoms with van der Waals surface area (Å²) < 4.78 is 5.33. The summed E-state index contributed by atoms with van der Waals surface area (Å²) in [5.41, 5.74) is 2.36. The van der Waals surface area contributed by atoms with Crippen molar-refractivity contribution in [1.29, 1.82) is 0 Å². The van der Waals surface area contributed by atoms with Crippen molar-refractivity contribution in [3.05, 3.63) is 71.1 Å². The lowest BCUT2D eigenvalue weighted by atomic mass is 10.1. The Balaban J connectivity index is 1.54. The van der Waals surface area contributed by atoms with Crippen LogP contribution in [0.5, 0.6) is 0 Å². The number of carbonyl (C=O) groups is 1. The predicted octanol–water partition coefficient (Wildman–Crippen LogP) is 4.34. The summed E-state index contributed by atoms with van der Waals surface area (Å²) in [5.74, 6) is 0.919. The highest BCUT2D eigenvalue weighted by atomic mass is 35.5. The quantitative estimate of drug-likeness (QED) is 0.549. The molecule has 0 aliphatic carbocycles. The van der Waals surface area contributed by atoms with E-state index in [2.05, 4.69) is 25.5 Å². The number of furan rings is 1. The molecule has 0 saturated heterocycles. The molecule has 1 aromatic carbocycles. The van der Waals surface area contributed by atoms with Crippen LogP contribution in [0.3, 0.4) is 0 Å². The number of carbonyl (C=O) groups excluding carboxylic acids is 1. The maximum absolute atomic E-state index is 12.6. The first-order valence-electron chi connectivity index (χ1n) is 8.12. The zero-order valence-electron chi connectivity index (χ0n) is 14.2. The van der Waals surface area contributed by atoms with Gasteiger partial charge in [0.15, 0.2) is 11.6 Å². The Kier molecular flexibility index (Phi) is 4.43. The fourth-order valence-corrected chi connectivity index (χ4v) is 2.85. The number of pyridine rings is 1. The van der Waals surface area contributed by atoms with Gasteiger partial charge in [0.2, 0.25) is 5.95 Å². The van der Waals surface area contributed by atoms with Crippen molar-refractivity contribution in [1.82, 2.24) is 20.2 Å². The van der Waals surface area contributed by atoms with Gasteiger partial charge in [-0.05, 0) is 43.3 Å². The molecule has 4 rings (SSSR count). The third-order valence-electron chi connectivity index (χ3n) is 3.94. The molecule has 4 aromatic rings. The molecule has 0 unspecified atom stereocenters. The first-order valence-corrected chi connectivity index (χ1v) is 8.50. The van der Waals surface area contributed by atoms with Crippen molar-refractivity contribution in [2.24, 2.45) is 0 Å². The Hall–Kier alpha value is -3.45. The number of hydrogen-bond acceptors (Lipinski definition) is 5. The Morgan fingerprint density at radius 3 is 2.70 bits per heavy atom. The van der Waals surface area contributed by atoms with Crippen LogP contribution in [0.4, 0.5) is 5.95 Å². The first-order chi connectivity index (χ1) is 13.1. The van der Waals surface area contributed by atoms with Gasteiger partial charge in [-0.15, -0.1) is 5.10 Å². The molecule has 0 bridgehead atoms. The van der Waals surface area contributed by atoms with E-state index in [1.165, 1.54) is 0 Å². The van der Waals surface area contributed by atoms with Crippen LogP contribution in [-0.2, 0) is 0 Å². The van der Waals surface area contributed by atoms with Gasteiger partial charge < -0.3 is 4.42 Å². The second-order valence-corrected chi connectivity index (χ2v) is 6.16. The number of aromatic nitrogens is 4. The second-order valence-electron chi connectivity index (χ2n) is 5.75. The number of benzene rings is 1. The fourth-order valence-electron chi connectivity index (χ4n) is 2.62. The van der Waals surface area contributed by atoms with Gasteiger partial charge in [0.1, 0.15) is 5.69 Å². The van der Waals surface area contributed by atoms with Crippen molar-refractivity contribution in [3.63, 3.8) is 0 Å². The minimum absolute atomic E-state index is 0.157. The normalized spacial score (nSPS) is 10.7. The van der Waals surface area contributed by atoms with Gasteiger partial charge in [-0.1, -0.05) is 23.7 Å². The number of anilines is 1. The molecule has 0 aliphatic rings. The zero-order chi connectivity index (χ0) is 18.8. The lowest BCUT2D eigenvalue weighted by Crippen LogP contribution is -2.15. The molecule has 1 amide bonds. The van der Waals surface area contributed by atoms with Gasteiger partial charge >= 0.3 is 0 Å². The molecule has 0 fully saturated rings. The average molecular weight is 380 g/mol. The molecule has 7 nitrogen and oxygen atoms in total. The van der Waals surface area contributed by atoms with Crippen molar-refractivity contribution < 1.29 is 9.21 Å². The first kappa shape index (κ1) is 17.0. The van der Waals surface area contributed by atoms with E-state index in [0.29, 0.717) is 39.1 Å². The van der Waals surface area contributed by atoms with Crippen LogP contribution in [-0.4, -0.2) is 26.1 Å². The molecular weight excluding hydrogens is 366 g/mol. The summed E-state index contributed by atoms with van der Waals surface area (Å²) in [6.07, 6.45) is 1.58. The molecule has 0 spiro atoms. The molecule has 2 N–H and O–H groups in total. The van der Waals surface area contributed by atoms with E-state index < -0.39 is 0 Å². The number of H-pyrrole nitrogens is 1. The topological polar surface area (TPSA) is 96.7 Å². The number of amides is 1. The van der Waals surface area contributed by atoms with Crippen LogP contribution in [0.2, 0.25) is 5.02 Å². The molecular formula is C19H14ClN5O2. The maximum Gasteiger partial charge on any atom is 0.259 e. The largest absolute Gasteiger partial charge is 0.463 e. The SMILES string of the molecule is Cc1nc(-c2ccco2)ccc1C(=O)Nc1n[nH]c(-c2ccccc2Cl)n1. The minimum Gasteiger partial charge on any atom is -0.463 e. The Morgan fingerprint density at radius 1 is 1.11 bits per heavy atom. The van der Waals surface area contributed by atoms with Gasteiger partial charge in [-0.25, -0.2) is 4.98 Å². The number of nitrogens with zero attached hydrogens (tertiary/aromatic N) is 3. The van der Waals surface area contributed by atoms with Crippen LogP contribution in [0.25, 0.3) is 22.8 Å². The van der Waals surface area contributed by atoms with Crippen molar-refractivity contribution in [2.45, 2.75) is 6.92 Å². The highest BCUT2D eigenvalue weighted by Gasteiger charge is 2.15. The summed E-state index contributed by atoms with van der Waals surface area (Å²) >= 11 is 6.16. The molecule has 0 saturated carbocycles. The van der Waals surface area contributed by atoms with E-state index >= 15 is 0 Å². The molecule has 27 heavy (non-hydrogen) atoms. The highest BCUT2D eigenvalue weighted by Crippen LogP contribution is 2.25. The van der Waals surface area contributed by atoms with Gasteiger partial charge in [0.05, 0.1) is 22.5 Å². The smallest absolute Gasteiger partial charge is 0.259 e. The average Bonchev–Trinajstić information content (AvgIpc) is 3.34. The summed E-state index contributed by atoms with van der Waals surface area (Å²) in [6, 6.07) is 14.3. The monoisotopic (exact) mass is 379 g/mol. The fraction of sp³-hybridized carbons (Fsp3) is 0.0526. The Bertz CT molecular complexity index is 1110. The van der Waals surface area contributed by atoms with E-state index in [-0.39, 0.29) is 11.9 Å². The number of halogens is 1. The lowest BCUT2D eigenvalue weighted by molar-refractivity contribution is 0.102. The van der Waals surface area contributed by atoms with Crippen molar-refractivity contribution >= 4 is 23.5 Å². The van der Waals surface area contributed by atoms with Crippen LogP contribution in [0.1, 0.15) is 16.1 Å². The maximum atomic E-state index is 12.6. The standard InChI is InChI=1S/C19H14ClN5O2/c1-11-12(8-9-15(21-11)16-7-4-10-27-16)18(26)23-19-22-17(24-25-19)13-5-2-3-6-14(13)20/h2-10H,1H3,(H2,22,23,24,25,26). The predicted molar refractivity (Wildman–Crippen MR) is 101 cm³/mol.